The molecule has 0 bridgehead atoms. The maximum atomic E-state index is 12.0. The maximum Gasteiger partial charge on any atom is 0.245 e. The summed E-state index contributed by atoms with van der Waals surface area (Å²) < 4.78 is 0.802. The number of halogens is 1. The van der Waals surface area contributed by atoms with Gasteiger partial charge in [0.15, 0.2) is 0 Å². The fourth-order valence-corrected chi connectivity index (χ4v) is 2.74. The molecular formula is C13H20BrN5O. The van der Waals surface area contributed by atoms with Gasteiger partial charge >= 0.3 is 0 Å². The second kappa shape index (κ2) is 5.95. The van der Waals surface area contributed by atoms with E-state index in [0.29, 0.717) is 6.54 Å². The normalized spacial score (nSPS) is 17.8. The largest absolute Gasteiger partial charge is 0.369 e. The Morgan fingerprint density at radius 2 is 2.25 bits per heavy atom. The number of aromatic nitrogens is 2. The molecule has 1 fully saturated rings. The molecule has 1 aromatic heterocycles. The molecule has 0 saturated carbocycles. The van der Waals surface area contributed by atoms with Crippen molar-refractivity contribution in [2.75, 3.05) is 29.9 Å². The van der Waals surface area contributed by atoms with Crippen LogP contribution in [0.1, 0.15) is 27.2 Å². The fourth-order valence-electron chi connectivity index (χ4n) is 2.19. The number of hydrogen-bond acceptors (Lipinski definition) is 5. The highest BCUT2D eigenvalue weighted by atomic mass is 79.9. The van der Waals surface area contributed by atoms with Gasteiger partial charge in [-0.15, -0.1) is 0 Å². The molecule has 1 aromatic rings. The number of nitrogens with one attached hydrogen (secondary N) is 2. The molecule has 110 valence electrons. The van der Waals surface area contributed by atoms with Crippen LogP contribution in [0.2, 0.25) is 0 Å². The van der Waals surface area contributed by atoms with E-state index >= 15 is 0 Å². The Morgan fingerprint density at radius 3 is 2.95 bits per heavy atom. The van der Waals surface area contributed by atoms with Gasteiger partial charge in [0, 0.05) is 19.6 Å². The van der Waals surface area contributed by atoms with E-state index in [-0.39, 0.29) is 5.91 Å². The number of amides is 1. The van der Waals surface area contributed by atoms with Gasteiger partial charge in [-0.1, -0.05) is 6.92 Å². The smallest absolute Gasteiger partial charge is 0.245 e. The predicted octanol–water partition coefficient (Wildman–Crippen LogP) is 1.78. The first-order valence-corrected chi connectivity index (χ1v) is 7.58. The lowest BCUT2D eigenvalue weighted by Crippen LogP contribution is -2.62. The first-order valence-electron chi connectivity index (χ1n) is 6.78. The first kappa shape index (κ1) is 15.0. The molecule has 1 aliphatic heterocycles. The first-order chi connectivity index (χ1) is 9.48. The summed E-state index contributed by atoms with van der Waals surface area (Å²) in [5.74, 6) is 1.52. The highest BCUT2D eigenvalue weighted by Gasteiger charge is 2.39. The van der Waals surface area contributed by atoms with Gasteiger partial charge in [-0.2, -0.15) is 0 Å². The van der Waals surface area contributed by atoms with Crippen LogP contribution >= 0.6 is 15.9 Å². The molecule has 0 aliphatic carbocycles. The molecule has 0 spiro atoms. The minimum Gasteiger partial charge on any atom is -0.369 e. The average molecular weight is 342 g/mol. The molecule has 2 N–H and O–H groups in total. The molecule has 0 unspecified atom stereocenters. The summed E-state index contributed by atoms with van der Waals surface area (Å²) in [5, 5.41) is 6.14. The highest BCUT2D eigenvalue weighted by molar-refractivity contribution is 9.10. The average Bonchev–Trinajstić information content (AvgIpc) is 2.41. The zero-order valence-electron chi connectivity index (χ0n) is 12.0. The number of nitrogens with zero attached hydrogens (tertiary/aromatic N) is 3. The molecule has 20 heavy (non-hydrogen) atoms. The van der Waals surface area contributed by atoms with Gasteiger partial charge in [-0.3, -0.25) is 4.79 Å². The van der Waals surface area contributed by atoms with Crippen molar-refractivity contribution >= 4 is 33.5 Å². The molecule has 7 heteroatoms. The second-order valence-corrected chi connectivity index (χ2v) is 6.05. The lowest BCUT2D eigenvalue weighted by molar-refractivity contribution is -0.126. The van der Waals surface area contributed by atoms with Crippen molar-refractivity contribution in [1.82, 2.24) is 15.3 Å². The van der Waals surface area contributed by atoms with Crippen LogP contribution in [-0.2, 0) is 4.79 Å². The zero-order valence-corrected chi connectivity index (χ0v) is 13.6. The number of piperazine rings is 1. The quantitative estimate of drug-likeness (QED) is 0.873. The van der Waals surface area contributed by atoms with Gasteiger partial charge in [0.2, 0.25) is 5.91 Å². The topological polar surface area (TPSA) is 70.2 Å². The van der Waals surface area contributed by atoms with Crippen LogP contribution in [0.5, 0.6) is 0 Å². The predicted molar refractivity (Wildman–Crippen MR) is 82.9 cm³/mol. The van der Waals surface area contributed by atoms with E-state index in [1.165, 1.54) is 6.33 Å². The summed E-state index contributed by atoms with van der Waals surface area (Å²) in [7, 11) is 0. The Kier molecular flexibility index (Phi) is 4.47. The van der Waals surface area contributed by atoms with Crippen molar-refractivity contribution in [3.05, 3.63) is 10.8 Å². The molecule has 1 saturated heterocycles. The van der Waals surface area contributed by atoms with Gasteiger partial charge < -0.3 is 15.5 Å². The van der Waals surface area contributed by atoms with E-state index < -0.39 is 5.54 Å². The number of anilines is 2. The summed E-state index contributed by atoms with van der Waals surface area (Å²) in [6, 6.07) is 0. The Labute approximate surface area is 127 Å². The molecule has 2 rings (SSSR count). The van der Waals surface area contributed by atoms with Gasteiger partial charge in [-0.05, 0) is 36.2 Å². The lowest BCUT2D eigenvalue weighted by Gasteiger charge is -2.42. The van der Waals surface area contributed by atoms with Crippen LogP contribution in [0.25, 0.3) is 0 Å². The van der Waals surface area contributed by atoms with Crippen molar-refractivity contribution in [2.24, 2.45) is 0 Å². The maximum absolute atomic E-state index is 12.0. The fraction of sp³-hybridized carbons (Fsp3) is 0.615. The monoisotopic (exact) mass is 341 g/mol. The van der Waals surface area contributed by atoms with Crippen LogP contribution in [0.4, 0.5) is 11.6 Å². The van der Waals surface area contributed by atoms with Gasteiger partial charge in [0.05, 0.1) is 0 Å². The number of rotatable bonds is 4. The third kappa shape index (κ3) is 2.72. The minimum atomic E-state index is -0.628. The molecule has 6 nitrogen and oxygen atoms in total. The van der Waals surface area contributed by atoms with Crippen LogP contribution in [0.15, 0.2) is 10.8 Å². The Hall–Kier alpha value is -1.37. The summed E-state index contributed by atoms with van der Waals surface area (Å²) in [6.07, 6.45) is 2.55. The Balaban J connectivity index is 2.34. The van der Waals surface area contributed by atoms with E-state index in [4.69, 9.17) is 0 Å². The van der Waals surface area contributed by atoms with Crippen LogP contribution < -0.4 is 15.5 Å². The number of hydrogen-bond donors (Lipinski definition) is 2. The molecule has 2 heterocycles. The zero-order chi connectivity index (χ0) is 14.8. The SMILES string of the molecule is CCCNc1ncnc(N2CCNC(=O)C2(C)C)c1Br. The lowest BCUT2D eigenvalue weighted by atomic mass is 9.99. The second-order valence-electron chi connectivity index (χ2n) is 5.25. The van der Waals surface area contributed by atoms with E-state index in [0.717, 1.165) is 35.6 Å². The minimum absolute atomic E-state index is 0.0114. The summed E-state index contributed by atoms with van der Waals surface area (Å²) >= 11 is 3.56. The van der Waals surface area contributed by atoms with Crippen molar-refractivity contribution < 1.29 is 4.79 Å². The van der Waals surface area contributed by atoms with Crippen LogP contribution in [0, 0.1) is 0 Å². The third-order valence-corrected chi connectivity index (χ3v) is 4.15. The van der Waals surface area contributed by atoms with Crippen molar-refractivity contribution in [1.29, 1.82) is 0 Å². The molecule has 1 amide bonds. The van der Waals surface area contributed by atoms with Crippen molar-refractivity contribution in [3.63, 3.8) is 0 Å². The van der Waals surface area contributed by atoms with E-state index in [2.05, 4.69) is 43.5 Å². The Bertz CT molecular complexity index is 506. The standard InChI is InChI=1S/C13H20BrN5O/c1-4-5-15-10-9(14)11(18-8-17-10)19-7-6-16-12(20)13(19,2)3/h8H,4-7H2,1-3H3,(H,16,20)(H,15,17,18). The van der Waals surface area contributed by atoms with Gasteiger partial charge in [-0.25, -0.2) is 9.97 Å². The molecular weight excluding hydrogens is 322 g/mol. The van der Waals surface area contributed by atoms with Crippen LogP contribution in [0.3, 0.4) is 0 Å². The molecule has 1 aliphatic rings. The molecule has 0 atom stereocenters. The summed E-state index contributed by atoms with van der Waals surface area (Å²) in [6.45, 7) is 8.09. The van der Waals surface area contributed by atoms with Crippen molar-refractivity contribution in [2.45, 2.75) is 32.7 Å². The van der Waals surface area contributed by atoms with E-state index in [1.807, 2.05) is 18.7 Å². The Morgan fingerprint density at radius 1 is 1.50 bits per heavy atom. The molecule has 0 radical (unpaired) electrons. The summed E-state index contributed by atoms with van der Waals surface area (Å²) in [4.78, 5) is 22.6. The number of carbonyl (C=O) groups excluding carboxylic acids is 1. The third-order valence-electron chi connectivity index (χ3n) is 3.42. The van der Waals surface area contributed by atoms with Crippen molar-refractivity contribution in [3.8, 4) is 0 Å². The van der Waals surface area contributed by atoms with E-state index in [1.54, 1.807) is 0 Å². The highest BCUT2D eigenvalue weighted by Crippen LogP contribution is 2.34. The van der Waals surface area contributed by atoms with Crippen LogP contribution in [-0.4, -0.2) is 41.0 Å². The van der Waals surface area contributed by atoms with E-state index in [9.17, 15) is 4.79 Å². The number of carbonyl (C=O) groups is 1. The van der Waals surface area contributed by atoms with Gasteiger partial charge in [0.25, 0.3) is 0 Å². The molecule has 0 aromatic carbocycles. The summed E-state index contributed by atoms with van der Waals surface area (Å²) in [5.41, 5.74) is -0.628. The van der Waals surface area contributed by atoms with Gasteiger partial charge in [0.1, 0.15) is 28.0 Å².